The first kappa shape index (κ1) is 15.0. The molecule has 1 aliphatic carbocycles. The summed E-state index contributed by atoms with van der Waals surface area (Å²) in [6.45, 7) is 4.44. The van der Waals surface area contributed by atoms with Crippen LogP contribution in [-0.4, -0.2) is 31.1 Å². The third kappa shape index (κ3) is 4.29. The van der Waals surface area contributed by atoms with Crippen molar-refractivity contribution in [1.29, 1.82) is 0 Å². The van der Waals surface area contributed by atoms with Gasteiger partial charge < -0.3 is 15.8 Å². The highest BCUT2D eigenvalue weighted by atomic mass is 16.5. The standard InChI is InChI=1S/C13H24N2O3/c1-3-18-13(17)10-4-6-11(7-5-10)15-12(16)9(2)8-14/h9-11H,3-8,14H2,1-2H3,(H,15,16). The summed E-state index contributed by atoms with van der Waals surface area (Å²) in [6.07, 6.45) is 3.26. The minimum Gasteiger partial charge on any atom is -0.466 e. The fourth-order valence-electron chi connectivity index (χ4n) is 2.18. The molecule has 0 radical (unpaired) electrons. The Hall–Kier alpha value is -1.10. The lowest BCUT2D eigenvalue weighted by Gasteiger charge is -2.28. The summed E-state index contributed by atoms with van der Waals surface area (Å²) in [5, 5.41) is 2.99. The van der Waals surface area contributed by atoms with E-state index in [1.54, 1.807) is 0 Å². The minimum absolute atomic E-state index is 0.00466. The van der Waals surface area contributed by atoms with Gasteiger partial charge in [0.15, 0.2) is 0 Å². The molecule has 0 aromatic rings. The number of hydrogen-bond acceptors (Lipinski definition) is 4. The van der Waals surface area contributed by atoms with Crippen molar-refractivity contribution in [2.75, 3.05) is 13.2 Å². The highest BCUT2D eigenvalue weighted by Gasteiger charge is 2.28. The van der Waals surface area contributed by atoms with Gasteiger partial charge in [-0.2, -0.15) is 0 Å². The minimum atomic E-state index is -0.146. The Morgan fingerprint density at radius 1 is 1.33 bits per heavy atom. The second-order valence-electron chi connectivity index (χ2n) is 4.95. The van der Waals surface area contributed by atoms with Gasteiger partial charge in [-0.25, -0.2) is 0 Å². The van der Waals surface area contributed by atoms with Crippen molar-refractivity contribution in [1.82, 2.24) is 5.32 Å². The molecule has 3 N–H and O–H groups in total. The molecule has 5 heteroatoms. The van der Waals surface area contributed by atoms with E-state index in [2.05, 4.69) is 5.32 Å². The van der Waals surface area contributed by atoms with E-state index in [-0.39, 0.29) is 29.8 Å². The first-order valence-corrected chi connectivity index (χ1v) is 6.75. The second kappa shape index (κ2) is 7.36. The van der Waals surface area contributed by atoms with Crippen LogP contribution in [0.25, 0.3) is 0 Å². The van der Waals surface area contributed by atoms with Gasteiger partial charge in [0.05, 0.1) is 12.5 Å². The Morgan fingerprint density at radius 3 is 2.44 bits per heavy atom. The Kier molecular flexibility index (Phi) is 6.12. The average molecular weight is 256 g/mol. The number of ether oxygens (including phenoxy) is 1. The summed E-state index contributed by atoms with van der Waals surface area (Å²) in [5.74, 6) is -0.229. The third-order valence-electron chi connectivity index (χ3n) is 3.49. The van der Waals surface area contributed by atoms with Crippen molar-refractivity contribution in [2.45, 2.75) is 45.6 Å². The van der Waals surface area contributed by atoms with Crippen LogP contribution in [0.5, 0.6) is 0 Å². The number of nitrogens with one attached hydrogen (secondary N) is 1. The maximum Gasteiger partial charge on any atom is 0.308 e. The zero-order chi connectivity index (χ0) is 13.5. The number of carbonyl (C=O) groups is 2. The van der Waals surface area contributed by atoms with Gasteiger partial charge in [0, 0.05) is 18.5 Å². The highest BCUT2D eigenvalue weighted by molar-refractivity contribution is 5.78. The van der Waals surface area contributed by atoms with Crippen molar-refractivity contribution < 1.29 is 14.3 Å². The number of amides is 1. The van der Waals surface area contributed by atoms with Crippen molar-refractivity contribution >= 4 is 11.9 Å². The van der Waals surface area contributed by atoms with E-state index in [9.17, 15) is 9.59 Å². The third-order valence-corrected chi connectivity index (χ3v) is 3.49. The van der Waals surface area contributed by atoms with Gasteiger partial charge >= 0.3 is 5.97 Å². The molecule has 1 atom stereocenters. The predicted octanol–water partition coefficient (Wildman–Crippen LogP) is 0.819. The summed E-state index contributed by atoms with van der Waals surface area (Å²) >= 11 is 0. The maximum absolute atomic E-state index is 11.7. The number of hydrogen-bond donors (Lipinski definition) is 2. The summed E-state index contributed by atoms with van der Waals surface area (Å²) in [5.41, 5.74) is 5.45. The van der Waals surface area contributed by atoms with Gasteiger partial charge in [-0.15, -0.1) is 0 Å². The maximum atomic E-state index is 11.7. The topological polar surface area (TPSA) is 81.4 Å². The largest absolute Gasteiger partial charge is 0.466 e. The van der Waals surface area contributed by atoms with E-state index >= 15 is 0 Å². The Balaban J connectivity index is 2.31. The van der Waals surface area contributed by atoms with Gasteiger partial charge in [-0.3, -0.25) is 9.59 Å². The summed E-state index contributed by atoms with van der Waals surface area (Å²) in [6, 6.07) is 0.178. The molecule has 0 spiro atoms. The number of nitrogens with two attached hydrogens (primary N) is 1. The second-order valence-corrected chi connectivity index (χ2v) is 4.95. The van der Waals surface area contributed by atoms with Crippen molar-refractivity contribution in [3.63, 3.8) is 0 Å². The van der Waals surface area contributed by atoms with E-state index in [1.165, 1.54) is 0 Å². The van der Waals surface area contributed by atoms with Crippen molar-refractivity contribution in [3.8, 4) is 0 Å². The van der Waals surface area contributed by atoms with Gasteiger partial charge in [0.25, 0.3) is 0 Å². The van der Waals surface area contributed by atoms with Crippen LogP contribution in [0.15, 0.2) is 0 Å². The number of esters is 1. The van der Waals surface area contributed by atoms with Crippen molar-refractivity contribution in [3.05, 3.63) is 0 Å². The molecule has 1 fully saturated rings. The van der Waals surface area contributed by atoms with Crippen LogP contribution in [0.2, 0.25) is 0 Å². The average Bonchev–Trinajstić information content (AvgIpc) is 2.38. The van der Waals surface area contributed by atoms with Gasteiger partial charge in [0.1, 0.15) is 0 Å². The fraction of sp³-hybridized carbons (Fsp3) is 0.846. The lowest BCUT2D eigenvalue weighted by molar-refractivity contribution is -0.149. The van der Waals surface area contributed by atoms with Crippen molar-refractivity contribution in [2.24, 2.45) is 17.6 Å². The summed E-state index contributed by atoms with van der Waals surface area (Å²) in [7, 11) is 0. The van der Waals surface area contributed by atoms with Crippen LogP contribution >= 0.6 is 0 Å². The summed E-state index contributed by atoms with van der Waals surface area (Å²) in [4.78, 5) is 23.2. The molecule has 0 heterocycles. The monoisotopic (exact) mass is 256 g/mol. The van der Waals surface area contributed by atoms with E-state index in [0.717, 1.165) is 25.7 Å². The molecule has 0 aliphatic heterocycles. The highest BCUT2D eigenvalue weighted by Crippen LogP contribution is 2.25. The quantitative estimate of drug-likeness (QED) is 0.714. The van der Waals surface area contributed by atoms with Gasteiger partial charge in [-0.1, -0.05) is 6.92 Å². The molecule has 0 aromatic heterocycles. The molecule has 18 heavy (non-hydrogen) atoms. The molecular formula is C13H24N2O3. The zero-order valence-corrected chi connectivity index (χ0v) is 11.3. The SMILES string of the molecule is CCOC(=O)C1CCC(NC(=O)C(C)CN)CC1. The Labute approximate surface area is 108 Å². The molecular weight excluding hydrogens is 232 g/mol. The smallest absolute Gasteiger partial charge is 0.308 e. The molecule has 1 rings (SSSR count). The lowest BCUT2D eigenvalue weighted by Crippen LogP contribution is -2.42. The number of rotatable bonds is 5. The molecule has 0 bridgehead atoms. The fourth-order valence-corrected chi connectivity index (χ4v) is 2.18. The Morgan fingerprint density at radius 2 is 1.94 bits per heavy atom. The van der Waals surface area contributed by atoms with Crippen LogP contribution in [0, 0.1) is 11.8 Å². The zero-order valence-electron chi connectivity index (χ0n) is 11.3. The predicted molar refractivity (Wildman–Crippen MR) is 68.7 cm³/mol. The molecule has 0 aromatic carbocycles. The van der Waals surface area contributed by atoms with Crippen LogP contribution in [-0.2, 0) is 14.3 Å². The normalized spacial score (nSPS) is 25.3. The molecule has 1 amide bonds. The van der Waals surface area contributed by atoms with Gasteiger partial charge in [-0.05, 0) is 32.6 Å². The molecule has 1 unspecified atom stereocenters. The lowest BCUT2D eigenvalue weighted by atomic mass is 9.86. The molecule has 5 nitrogen and oxygen atoms in total. The molecule has 1 saturated carbocycles. The van der Waals surface area contributed by atoms with Crippen LogP contribution in [0.3, 0.4) is 0 Å². The Bertz CT molecular complexity index is 286. The van der Waals surface area contributed by atoms with E-state index in [0.29, 0.717) is 13.2 Å². The van der Waals surface area contributed by atoms with Gasteiger partial charge in [0.2, 0.25) is 5.91 Å². The first-order chi connectivity index (χ1) is 8.58. The van der Waals surface area contributed by atoms with E-state index in [4.69, 9.17) is 10.5 Å². The van der Waals surface area contributed by atoms with Crippen LogP contribution in [0.4, 0.5) is 0 Å². The molecule has 0 saturated heterocycles. The molecule has 1 aliphatic rings. The molecule has 104 valence electrons. The van der Waals surface area contributed by atoms with E-state index < -0.39 is 0 Å². The van der Waals surface area contributed by atoms with E-state index in [1.807, 2.05) is 13.8 Å². The number of carbonyl (C=O) groups excluding carboxylic acids is 2. The first-order valence-electron chi connectivity index (χ1n) is 6.75. The van der Waals surface area contributed by atoms with Crippen LogP contribution < -0.4 is 11.1 Å². The van der Waals surface area contributed by atoms with Crippen LogP contribution in [0.1, 0.15) is 39.5 Å². The summed E-state index contributed by atoms with van der Waals surface area (Å²) < 4.78 is 5.01.